The van der Waals surface area contributed by atoms with E-state index in [1.165, 1.54) is 12.3 Å². The number of hydrogen-bond donors (Lipinski definition) is 3. The Balaban J connectivity index is 1.57. The number of hydrogen-bond acceptors (Lipinski definition) is 7. The predicted octanol–water partition coefficient (Wildman–Crippen LogP) is 3.99. The fourth-order valence-electron chi connectivity index (χ4n) is 4.05. The van der Waals surface area contributed by atoms with Crippen molar-refractivity contribution in [3.63, 3.8) is 0 Å². The second-order valence-corrected chi connectivity index (χ2v) is 8.88. The molecule has 2 aliphatic heterocycles. The highest BCUT2D eigenvalue weighted by Crippen LogP contribution is 2.35. The number of halogens is 4. The molecule has 2 aromatic rings. The summed E-state index contributed by atoms with van der Waals surface area (Å²) in [5, 5.41) is 8.95. The van der Waals surface area contributed by atoms with Crippen molar-refractivity contribution < 1.29 is 22.7 Å². The lowest BCUT2D eigenvalue weighted by Gasteiger charge is -2.23. The van der Waals surface area contributed by atoms with Gasteiger partial charge in [0.15, 0.2) is 11.5 Å². The fourth-order valence-corrected chi connectivity index (χ4v) is 4.25. The first-order chi connectivity index (χ1) is 16.3. The van der Waals surface area contributed by atoms with Crippen LogP contribution in [-0.2, 0) is 15.7 Å². The Labute approximate surface area is 200 Å². The molecule has 0 bridgehead atoms. The van der Waals surface area contributed by atoms with Crippen LogP contribution >= 0.6 is 11.6 Å². The average molecular weight is 499 g/mol. The molecule has 0 aliphatic carbocycles. The molecule has 1 atom stereocenters. The SMILES string of the molecule is O=C(Nc1cc(-c2cnc(C(F)(F)F)c(NCC3CCOCC3)n2)c(Cl)cn1)C1CCCNC1. The van der Waals surface area contributed by atoms with E-state index in [0.717, 1.165) is 38.4 Å². The van der Waals surface area contributed by atoms with Gasteiger partial charge in [0.25, 0.3) is 0 Å². The van der Waals surface area contributed by atoms with Gasteiger partial charge in [0, 0.05) is 38.1 Å². The number of rotatable bonds is 6. The first-order valence-electron chi connectivity index (χ1n) is 11.2. The zero-order chi connectivity index (χ0) is 24.1. The summed E-state index contributed by atoms with van der Waals surface area (Å²) in [6.07, 6.45) is 0.890. The van der Waals surface area contributed by atoms with E-state index in [1.807, 2.05) is 0 Å². The van der Waals surface area contributed by atoms with Crippen LogP contribution in [0.1, 0.15) is 31.4 Å². The van der Waals surface area contributed by atoms with Crippen molar-refractivity contribution >= 4 is 29.1 Å². The van der Waals surface area contributed by atoms with Crippen LogP contribution in [0.5, 0.6) is 0 Å². The lowest BCUT2D eigenvalue weighted by molar-refractivity contribution is -0.140. The number of ether oxygens (including phenoxy) is 1. The maximum atomic E-state index is 13.6. The molecule has 2 aliphatic rings. The maximum absolute atomic E-state index is 13.6. The van der Waals surface area contributed by atoms with Gasteiger partial charge in [-0.1, -0.05) is 11.6 Å². The molecule has 34 heavy (non-hydrogen) atoms. The van der Waals surface area contributed by atoms with Crippen LogP contribution in [0, 0.1) is 11.8 Å². The van der Waals surface area contributed by atoms with Crippen molar-refractivity contribution in [3.8, 4) is 11.3 Å². The topological polar surface area (TPSA) is 101 Å². The zero-order valence-corrected chi connectivity index (χ0v) is 19.2. The molecule has 4 heterocycles. The number of anilines is 2. The van der Waals surface area contributed by atoms with E-state index in [-0.39, 0.29) is 40.1 Å². The minimum Gasteiger partial charge on any atom is -0.381 e. The third-order valence-electron chi connectivity index (χ3n) is 5.99. The van der Waals surface area contributed by atoms with E-state index in [4.69, 9.17) is 16.3 Å². The summed E-state index contributed by atoms with van der Waals surface area (Å²) in [7, 11) is 0. The maximum Gasteiger partial charge on any atom is 0.437 e. The molecule has 2 saturated heterocycles. The molecule has 0 spiro atoms. The summed E-state index contributed by atoms with van der Waals surface area (Å²) < 4.78 is 46.0. The summed E-state index contributed by atoms with van der Waals surface area (Å²) in [6, 6.07) is 1.50. The monoisotopic (exact) mass is 498 g/mol. The van der Waals surface area contributed by atoms with Gasteiger partial charge in [-0.2, -0.15) is 13.2 Å². The highest BCUT2D eigenvalue weighted by Gasteiger charge is 2.37. The minimum atomic E-state index is -4.67. The number of carbonyl (C=O) groups is 1. The number of carbonyl (C=O) groups excluding carboxylic acids is 1. The Morgan fingerprint density at radius 1 is 1.21 bits per heavy atom. The van der Waals surface area contributed by atoms with Crippen molar-refractivity contribution in [2.24, 2.45) is 11.8 Å². The van der Waals surface area contributed by atoms with Crippen LogP contribution in [-0.4, -0.2) is 53.7 Å². The normalized spacial score (nSPS) is 19.6. The number of alkyl halides is 3. The number of piperidine rings is 1. The largest absolute Gasteiger partial charge is 0.437 e. The molecular formula is C22H26ClF3N6O2. The third kappa shape index (κ3) is 6.13. The molecule has 2 aromatic heterocycles. The molecular weight excluding hydrogens is 473 g/mol. The van der Waals surface area contributed by atoms with Crippen molar-refractivity contribution in [3.05, 3.63) is 29.2 Å². The Hall–Kier alpha value is -2.50. The first kappa shape index (κ1) is 24.6. The van der Waals surface area contributed by atoms with Gasteiger partial charge in [0.05, 0.1) is 22.8 Å². The average Bonchev–Trinajstić information content (AvgIpc) is 2.84. The summed E-state index contributed by atoms with van der Waals surface area (Å²) in [6.45, 7) is 2.96. The smallest absolute Gasteiger partial charge is 0.381 e. The van der Waals surface area contributed by atoms with Crippen LogP contribution in [0.4, 0.5) is 24.8 Å². The number of pyridine rings is 1. The summed E-state index contributed by atoms with van der Waals surface area (Å²) in [4.78, 5) is 24.5. The van der Waals surface area contributed by atoms with Crippen LogP contribution < -0.4 is 16.0 Å². The lowest BCUT2D eigenvalue weighted by atomic mass is 9.99. The summed E-state index contributed by atoms with van der Waals surface area (Å²) in [5.74, 6) is -0.288. The van der Waals surface area contributed by atoms with Gasteiger partial charge in [-0.15, -0.1) is 0 Å². The van der Waals surface area contributed by atoms with Crippen molar-refractivity contribution in [1.82, 2.24) is 20.3 Å². The molecule has 4 rings (SSSR count). The summed E-state index contributed by atoms with van der Waals surface area (Å²) in [5.41, 5.74) is -0.624. The van der Waals surface area contributed by atoms with Gasteiger partial charge >= 0.3 is 6.18 Å². The number of aromatic nitrogens is 3. The van der Waals surface area contributed by atoms with Crippen molar-refractivity contribution in [2.45, 2.75) is 31.9 Å². The Kier molecular flexibility index (Phi) is 7.84. The highest BCUT2D eigenvalue weighted by molar-refractivity contribution is 6.33. The first-order valence-corrected chi connectivity index (χ1v) is 11.6. The van der Waals surface area contributed by atoms with Crippen LogP contribution in [0.25, 0.3) is 11.3 Å². The van der Waals surface area contributed by atoms with E-state index in [9.17, 15) is 18.0 Å². The molecule has 12 heteroatoms. The quantitative estimate of drug-likeness (QED) is 0.553. The second kappa shape index (κ2) is 10.8. The van der Waals surface area contributed by atoms with Gasteiger partial charge in [0.2, 0.25) is 5.91 Å². The number of amides is 1. The molecule has 0 aromatic carbocycles. The molecule has 0 radical (unpaired) electrons. The van der Waals surface area contributed by atoms with E-state index in [1.54, 1.807) is 0 Å². The van der Waals surface area contributed by atoms with E-state index in [2.05, 4.69) is 30.9 Å². The lowest BCUT2D eigenvalue weighted by Crippen LogP contribution is -2.37. The third-order valence-corrected chi connectivity index (χ3v) is 6.29. The Morgan fingerprint density at radius 3 is 2.71 bits per heavy atom. The number of nitrogens with one attached hydrogen (secondary N) is 3. The van der Waals surface area contributed by atoms with Crippen molar-refractivity contribution in [1.29, 1.82) is 0 Å². The molecule has 3 N–H and O–H groups in total. The standard InChI is InChI=1S/C22H26ClF3N6O2/c23-16-11-28-18(32-21(33)14-2-1-5-27-10-14)8-15(16)17-12-29-19(22(24,25)26)20(31-17)30-9-13-3-6-34-7-4-13/h8,11-14,27H,1-7,9-10H2,(H,30,31)(H,28,32,33). The zero-order valence-electron chi connectivity index (χ0n) is 18.4. The Morgan fingerprint density at radius 2 is 2.00 bits per heavy atom. The van der Waals surface area contributed by atoms with E-state index in [0.29, 0.717) is 31.9 Å². The van der Waals surface area contributed by atoms with E-state index < -0.39 is 11.9 Å². The molecule has 1 amide bonds. The van der Waals surface area contributed by atoms with Gasteiger partial charge in [0.1, 0.15) is 5.82 Å². The summed E-state index contributed by atoms with van der Waals surface area (Å²) >= 11 is 6.29. The van der Waals surface area contributed by atoms with Crippen LogP contribution in [0.15, 0.2) is 18.5 Å². The molecule has 1 unspecified atom stereocenters. The van der Waals surface area contributed by atoms with Gasteiger partial charge < -0.3 is 20.7 Å². The van der Waals surface area contributed by atoms with E-state index >= 15 is 0 Å². The number of nitrogens with zero attached hydrogens (tertiary/aromatic N) is 3. The van der Waals surface area contributed by atoms with Gasteiger partial charge in [-0.25, -0.2) is 15.0 Å². The van der Waals surface area contributed by atoms with Crippen LogP contribution in [0.3, 0.4) is 0 Å². The molecule has 2 fully saturated rings. The molecule has 184 valence electrons. The second-order valence-electron chi connectivity index (χ2n) is 8.47. The van der Waals surface area contributed by atoms with Gasteiger partial charge in [-0.3, -0.25) is 4.79 Å². The predicted molar refractivity (Wildman–Crippen MR) is 122 cm³/mol. The fraction of sp³-hybridized carbons (Fsp3) is 0.545. The Bertz CT molecular complexity index is 1010. The van der Waals surface area contributed by atoms with Gasteiger partial charge in [-0.05, 0) is 44.2 Å². The molecule has 0 saturated carbocycles. The molecule has 8 nitrogen and oxygen atoms in total. The highest BCUT2D eigenvalue weighted by atomic mass is 35.5. The van der Waals surface area contributed by atoms with Crippen LogP contribution in [0.2, 0.25) is 5.02 Å². The van der Waals surface area contributed by atoms with Crippen molar-refractivity contribution in [2.75, 3.05) is 43.5 Å². The minimum absolute atomic E-state index is 0.143.